The fourth-order valence-corrected chi connectivity index (χ4v) is 3.91. The van der Waals surface area contributed by atoms with Gasteiger partial charge in [-0.2, -0.15) is 9.36 Å². The summed E-state index contributed by atoms with van der Waals surface area (Å²) in [6.45, 7) is 8.17. The van der Waals surface area contributed by atoms with Crippen molar-refractivity contribution in [3.8, 4) is 11.5 Å². The van der Waals surface area contributed by atoms with Gasteiger partial charge in [-0.1, -0.05) is 6.07 Å². The lowest BCUT2D eigenvalue weighted by Crippen LogP contribution is -2.50. The first-order chi connectivity index (χ1) is 15.8. The third-order valence-electron chi connectivity index (χ3n) is 4.97. The maximum absolute atomic E-state index is 12.6. The summed E-state index contributed by atoms with van der Waals surface area (Å²) in [6.07, 6.45) is 1.39. The first kappa shape index (κ1) is 22.7. The zero-order valence-corrected chi connectivity index (χ0v) is 19.6. The second-order valence-corrected chi connectivity index (χ2v) is 9.35. The topological polar surface area (TPSA) is 101 Å². The van der Waals surface area contributed by atoms with Crippen molar-refractivity contribution in [3.63, 3.8) is 0 Å². The molecular formula is C23H26N6O3S. The number of nitrogens with zero attached hydrogens (tertiary/aromatic N) is 5. The summed E-state index contributed by atoms with van der Waals surface area (Å²) in [5.74, 6) is 0.233. The summed E-state index contributed by atoms with van der Waals surface area (Å²) >= 11 is 1.12. The Labute approximate surface area is 196 Å². The molecule has 0 saturated carbocycles. The van der Waals surface area contributed by atoms with Crippen molar-refractivity contribution < 1.29 is 14.3 Å². The number of piperazine rings is 1. The molecule has 1 saturated heterocycles. The van der Waals surface area contributed by atoms with E-state index in [1.165, 1.54) is 0 Å². The lowest BCUT2D eigenvalue weighted by molar-refractivity contribution is 0.0240. The predicted molar refractivity (Wildman–Crippen MR) is 128 cm³/mol. The Hall–Kier alpha value is -3.53. The average Bonchev–Trinajstić information content (AvgIpc) is 3.27. The van der Waals surface area contributed by atoms with E-state index < -0.39 is 5.60 Å². The third kappa shape index (κ3) is 5.83. The van der Waals surface area contributed by atoms with E-state index in [9.17, 15) is 9.59 Å². The van der Waals surface area contributed by atoms with Crippen molar-refractivity contribution in [2.75, 3.05) is 36.4 Å². The van der Waals surface area contributed by atoms with Crippen molar-refractivity contribution in [1.29, 1.82) is 0 Å². The second-order valence-electron chi connectivity index (χ2n) is 8.59. The number of pyridine rings is 1. The number of hydrogen-bond donors (Lipinski definition) is 1. The number of benzene rings is 1. The number of ether oxygens (including phenoxy) is 1. The van der Waals surface area contributed by atoms with Gasteiger partial charge in [-0.3, -0.25) is 15.1 Å². The van der Waals surface area contributed by atoms with Crippen LogP contribution in [0.1, 0.15) is 31.1 Å². The van der Waals surface area contributed by atoms with Crippen LogP contribution in [0.4, 0.5) is 15.6 Å². The zero-order valence-electron chi connectivity index (χ0n) is 18.8. The molecule has 1 N–H and O–H groups in total. The smallest absolute Gasteiger partial charge is 0.410 e. The van der Waals surface area contributed by atoms with Crippen molar-refractivity contribution in [2.24, 2.45) is 0 Å². The van der Waals surface area contributed by atoms with E-state index in [-0.39, 0.29) is 12.0 Å². The van der Waals surface area contributed by atoms with E-state index in [1.54, 1.807) is 23.2 Å². The summed E-state index contributed by atoms with van der Waals surface area (Å²) in [7, 11) is 0. The molecule has 2 aromatic heterocycles. The highest BCUT2D eigenvalue weighted by Crippen LogP contribution is 2.22. The van der Waals surface area contributed by atoms with Gasteiger partial charge in [0.25, 0.3) is 5.91 Å². The van der Waals surface area contributed by atoms with Gasteiger partial charge in [0.2, 0.25) is 5.13 Å². The second kappa shape index (κ2) is 9.53. The largest absolute Gasteiger partial charge is 0.444 e. The van der Waals surface area contributed by atoms with Gasteiger partial charge < -0.3 is 14.5 Å². The number of aromatic nitrogens is 3. The number of rotatable bonds is 4. The van der Waals surface area contributed by atoms with Crippen LogP contribution in [0.3, 0.4) is 0 Å². The Morgan fingerprint density at radius 3 is 2.39 bits per heavy atom. The van der Waals surface area contributed by atoms with Crippen LogP contribution in [0.25, 0.3) is 11.5 Å². The van der Waals surface area contributed by atoms with E-state index >= 15 is 0 Å². The van der Waals surface area contributed by atoms with E-state index in [4.69, 9.17) is 4.74 Å². The van der Waals surface area contributed by atoms with E-state index in [2.05, 4.69) is 24.6 Å². The fraction of sp³-hybridized carbons (Fsp3) is 0.348. The zero-order chi connectivity index (χ0) is 23.4. The highest BCUT2D eigenvalue weighted by molar-refractivity contribution is 7.10. The minimum absolute atomic E-state index is 0.250. The molecule has 172 valence electrons. The maximum atomic E-state index is 12.6. The van der Waals surface area contributed by atoms with Crippen LogP contribution in [-0.2, 0) is 4.74 Å². The van der Waals surface area contributed by atoms with Gasteiger partial charge in [-0.25, -0.2) is 4.79 Å². The molecule has 0 spiro atoms. The summed E-state index contributed by atoms with van der Waals surface area (Å²) in [4.78, 5) is 37.3. The first-order valence-corrected chi connectivity index (χ1v) is 11.5. The Morgan fingerprint density at radius 1 is 1.03 bits per heavy atom. The van der Waals surface area contributed by atoms with Crippen LogP contribution in [0.2, 0.25) is 0 Å². The molecule has 0 unspecified atom stereocenters. The molecule has 1 aliphatic heterocycles. The van der Waals surface area contributed by atoms with Gasteiger partial charge in [-0.15, -0.1) is 0 Å². The monoisotopic (exact) mass is 466 g/mol. The van der Waals surface area contributed by atoms with E-state index in [1.807, 2.05) is 51.1 Å². The molecule has 2 amide bonds. The molecule has 0 radical (unpaired) electrons. The number of nitrogens with one attached hydrogen (secondary N) is 1. The number of carbonyl (C=O) groups is 2. The van der Waals surface area contributed by atoms with Crippen molar-refractivity contribution in [2.45, 2.75) is 26.4 Å². The molecule has 1 fully saturated rings. The number of carbonyl (C=O) groups excluding carboxylic acids is 2. The van der Waals surface area contributed by atoms with E-state index in [0.717, 1.165) is 17.2 Å². The molecule has 9 nitrogen and oxygen atoms in total. The van der Waals surface area contributed by atoms with Gasteiger partial charge in [0.15, 0.2) is 5.82 Å². The fourth-order valence-electron chi connectivity index (χ4n) is 3.34. The maximum Gasteiger partial charge on any atom is 0.410 e. The number of amides is 2. The molecule has 0 bridgehead atoms. The standard InChI is InChI=1S/C23H26N6O3S/c1-23(2,3)32-22(31)29-14-12-28(13-15-29)17-9-7-16(8-10-17)20(30)26-21-25-19(27-33-21)18-6-4-5-11-24-18/h4-11H,12-15H2,1-3H3,(H,25,26,27,30). The van der Waals surface area contributed by atoms with Crippen molar-refractivity contribution >= 4 is 34.4 Å². The summed E-state index contributed by atoms with van der Waals surface area (Å²) in [5.41, 5.74) is 1.69. The van der Waals surface area contributed by atoms with Gasteiger partial charge in [0, 0.05) is 55.2 Å². The van der Waals surface area contributed by atoms with Gasteiger partial charge in [0.1, 0.15) is 11.3 Å². The van der Waals surface area contributed by atoms with Crippen LogP contribution in [0, 0.1) is 0 Å². The van der Waals surface area contributed by atoms with Gasteiger partial charge >= 0.3 is 6.09 Å². The molecule has 1 aromatic carbocycles. The summed E-state index contributed by atoms with van der Waals surface area (Å²) < 4.78 is 9.70. The quantitative estimate of drug-likeness (QED) is 0.622. The normalized spacial score (nSPS) is 14.2. The molecule has 0 aliphatic carbocycles. The molecule has 3 aromatic rings. The minimum Gasteiger partial charge on any atom is -0.444 e. The summed E-state index contributed by atoms with van der Waals surface area (Å²) in [5, 5.41) is 3.21. The molecule has 10 heteroatoms. The lowest BCUT2D eigenvalue weighted by atomic mass is 10.1. The van der Waals surface area contributed by atoms with Gasteiger partial charge in [0.05, 0.1) is 0 Å². The molecule has 4 rings (SSSR count). The number of hydrogen-bond acceptors (Lipinski definition) is 8. The highest BCUT2D eigenvalue weighted by Gasteiger charge is 2.26. The lowest BCUT2D eigenvalue weighted by Gasteiger charge is -2.36. The number of anilines is 2. The van der Waals surface area contributed by atoms with Crippen LogP contribution in [0.5, 0.6) is 0 Å². The molecule has 0 atom stereocenters. The van der Waals surface area contributed by atoms with Crippen LogP contribution in [0.15, 0.2) is 48.7 Å². The molecule has 33 heavy (non-hydrogen) atoms. The Bertz CT molecular complexity index is 1100. The van der Waals surface area contributed by atoms with Crippen molar-refractivity contribution in [1.82, 2.24) is 19.2 Å². The molecule has 3 heterocycles. The Morgan fingerprint density at radius 2 is 1.76 bits per heavy atom. The predicted octanol–water partition coefficient (Wildman–Crippen LogP) is 3.91. The Kier molecular flexibility index (Phi) is 6.55. The molecule has 1 aliphatic rings. The minimum atomic E-state index is -0.501. The third-order valence-corrected chi connectivity index (χ3v) is 5.60. The summed E-state index contributed by atoms with van der Waals surface area (Å²) in [6, 6.07) is 12.9. The highest BCUT2D eigenvalue weighted by atomic mass is 32.1. The SMILES string of the molecule is CC(C)(C)OC(=O)N1CCN(c2ccc(C(=O)Nc3nc(-c4ccccn4)ns3)cc2)CC1. The molecular weight excluding hydrogens is 440 g/mol. The van der Waals surface area contributed by atoms with Crippen LogP contribution in [-0.4, -0.2) is 63.0 Å². The van der Waals surface area contributed by atoms with Crippen molar-refractivity contribution in [3.05, 3.63) is 54.2 Å². The van der Waals surface area contributed by atoms with E-state index in [0.29, 0.717) is 48.4 Å². The van der Waals surface area contributed by atoms with Crippen LogP contribution < -0.4 is 10.2 Å². The van der Waals surface area contributed by atoms with Crippen LogP contribution >= 0.6 is 11.5 Å². The van der Waals surface area contributed by atoms with Gasteiger partial charge in [-0.05, 0) is 57.2 Å². The first-order valence-electron chi connectivity index (χ1n) is 10.7. The Balaban J connectivity index is 1.32. The average molecular weight is 467 g/mol.